The van der Waals surface area contributed by atoms with Gasteiger partial charge in [-0.1, -0.05) is 0 Å². The summed E-state index contributed by atoms with van der Waals surface area (Å²) in [5.41, 5.74) is 2.51. The quantitative estimate of drug-likeness (QED) is 0.575. The van der Waals surface area contributed by atoms with Gasteiger partial charge in [0.1, 0.15) is 11.6 Å². The second kappa shape index (κ2) is 6.01. The van der Waals surface area contributed by atoms with E-state index in [4.69, 9.17) is 0 Å². The van der Waals surface area contributed by atoms with Gasteiger partial charge in [-0.15, -0.1) is 0 Å². The number of nitrogens with zero attached hydrogens (tertiary/aromatic N) is 6. The number of imidazole rings is 1. The standard InChI is InChI=1S/C18H17FN6/c1-13(14-11-22-23(2)12-14)24-9-7-20-18(24)16-10-15(19)4-5-17(16)25-8-3-6-21-25/h3-13H,1-2H3. The van der Waals surface area contributed by atoms with Gasteiger partial charge in [0, 0.05) is 49.2 Å². The number of halogens is 1. The molecule has 4 aromatic rings. The maximum atomic E-state index is 14.0. The predicted octanol–water partition coefficient (Wildman–Crippen LogP) is 3.22. The molecule has 0 N–H and O–H groups in total. The molecule has 0 aliphatic rings. The molecule has 25 heavy (non-hydrogen) atoms. The van der Waals surface area contributed by atoms with Crippen LogP contribution < -0.4 is 0 Å². The molecule has 3 aromatic heterocycles. The third-order valence-electron chi connectivity index (χ3n) is 4.24. The first kappa shape index (κ1) is 15.3. The first-order chi connectivity index (χ1) is 12.1. The summed E-state index contributed by atoms with van der Waals surface area (Å²) < 4.78 is 19.4. The normalized spacial score (nSPS) is 12.4. The lowest BCUT2D eigenvalue weighted by molar-refractivity contribution is 0.624. The van der Waals surface area contributed by atoms with Crippen molar-refractivity contribution in [2.75, 3.05) is 0 Å². The summed E-state index contributed by atoms with van der Waals surface area (Å²) in [6.45, 7) is 2.06. The molecule has 0 spiro atoms. The molecule has 1 aromatic carbocycles. The van der Waals surface area contributed by atoms with Gasteiger partial charge in [0.05, 0.1) is 17.9 Å². The van der Waals surface area contributed by atoms with Crippen molar-refractivity contribution in [3.63, 3.8) is 0 Å². The summed E-state index contributed by atoms with van der Waals surface area (Å²) >= 11 is 0. The molecule has 7 heteroatoms. The summed E-state index contributed by atoms with van der Waals surface area (Å²) in [6, 6.07) is 6.48. The van der Waals surface area contributed by atoms with Crippen LogP contribution in [0.1, 0.15) is 18.5 Å². The van der Waals surface area contributed by atoms with Crippen LogP contribution in [0.4, 0.5) is 4.39 Å². The van der Waals surface area contributed by atoms with E-state index in [1.807, 2.05) is 42.5 Å². The van der Waals surface area contributed by atoms with Crippen LogP contribution in [-0.4, -0.2) is 29.1 Å². The van der Waals surface area contributed by atoms with Gasteiger partial charge in [0.2, 0.25) is 0 Å². The maximum Gasteiger partial charge on any atom is 0.142 e. The van der Waals surface area contributed by atoms with Crippen LogP contribution in [0, 0.1) is 5.82 Å². The number of hydrogen-bond acceptors (Lipinski definition) is 3. The highest BCUT2D eigenvalue weighted by Crippen LogP contribution is 2.30. The van der Waals surface area contributed by atoms with Gasteiger partial charge in [-0.3, -0.25) is 4.68 Å². The molecule has 1 atom stereocenters. The largest absolute Gasteiger partial charge is 0.324 e. The fraction of sp³-hybridized carbons (Fsp3) is 0.167. The van der Waals surface area contributed by atoms with Crippen LogP contribution in [0.3, 0.4) is 0 Å². The molecule has 126 valence electrons. The van der Waals surface area contributed by atoms with E-state index >= 15 is 0 Å². The van der Waals surface area contributed by atoms with Crippen molar-refractivity contribution in [3.8, 4) is 17.1 Å². The van der Waals surface area contributed by atoms with Crippen molar-refractivity contribution >= 4 is 0 Å². The Morgan fingerprint density at radius 1 is 1.12 bits per heavy atom. The average Bonchev–Trinajstić information content (AvgIpc) is 3.35. The molecule has 0 aliphatic heterocycles. The Hall–Kier alpha value is -3.22. The molecular weight excluding hydrogens is 319 g/mol. The van der Waals surface area contributed by atoms with E-state index < -0.39 is 0 Å². The Labute approximate surface area is 144 Å². The van der Waals surface area contributed by atoms with E-state index in [2.05, 4.69) is 22.1 Å². The van der Waals surface area contributed by atoms with Crippen molar-refractivity contribution in [1.82, 2.24) is 29.1 Å². The molecule has 0 saturated carbocycles. The van der Waals surface area contributed by atoms with Crippen LogP contribution in [-0.2, 0) is 7.05 Å². The van der Waals surface area contributed by atoms with Gasteiger partial charge >= 0.3 is 0 Å². The van der Waals surface area contributed by atoms with Gasteiger partial charge in [-0.2, -0.15) is 10.2 Å². The number of aromatic nitrogens is 6. The molecular formula is C18H17FN6. The first-order valence-corrected chi connectivity index (χ1v) is 7.95. The Morgan fingerprint density at radius 2 is 2.00 bits per heavy atom. The molecule has 0 fully saturated rings. The molecule has 0 bridgehead atoms. The van der Waals surface area contributed by atoms with Crippen molar-refractivity contribution in [2.45, 2.75) is 13.0 Å². The Morgan fingerprint density at radius 3 is 2.72 bits per heavy atom. The van der Waals surface area contributed by atoms with Crippen LogP contribution in [0.25, 0.3) is 17.1 Å². The lowest BCUT2D eigenvalue weighted by atomic mass is 10.1. The third kappa shape index (κ3) is 2.73. The SMILES string of the molecule is CC(c1cnn(C)c1)n1ccnc1-c1cc(F)ccc1-n1cccn1. The Kier molecular flexibility index (Phi) is 3.68. The predicted molar refractivity (Wildman–Crippen MR) is 91.8 cm³/mol. The Balaban J connectivity index is 1.84. The van der Waals surface area contributed by atoms with Crippen LogP contribution in [0.15, 0.2) is 61.4 Å². The number of benzene rings is 1. The van der Waals surface area contributed by atoms with E-state index in [0.717, 1.165) is 11.3 Å². The summed E-state index contributed by atoms with van der Waals surface area (Å²) in [6.07, 6.45) is 10.9. The molecule has 6 nitrogen and oxygen atoms in total. The first-order valence-electron chi connectivity index (χ1n) is 7.95. The molecule has 4 rings (SSSR count). The van der Waals surface area contributed by atoms with Crippen molar-refractivity contribution in [1.29, 1.82) is 0 Å². The second-order valence-electron chi connectivity index (χ2n) is 5.89. The van der Waals surface area contributed by atoms with E-state index in [1.54, 1.807) is 27.8 Å². The number of aryl methyl sites for hydroxylation is 1. The van der Waals surface area contributed by atoms with Crippen LogP contribution in [0.5, 0.6) is 0 Å². The smallest absolute Gasteiger partial charge is 0.142 e. The number of hydrogen-bond donors (Lipinski definition) is 0. The molecule has 0 radical (unpaired) electrons. The van der Waals surface area contributed by atoms with Crippen molar-refractivity contribution in [2.24, 2.45) is 7.05 Å². The molecule has 0 aliphatic carbocycles. The van der Waals surface area contributed by atoms with Crippen molar-refractivity contribution in [3.05, 3.63) is 72.8 Å². The summed E-state index contributed by atoms with van der Waals surface area (Å²) in [5.74, 6) is 0.371. The van der Waals surface area contributed by atoms with E-state index in [-0.39, 0.29) is 11.9 Å². The molecule has 3 heterocycles. The zero-order valence-electron chi connectivity index (χ0n) is 13.9. The Bertz CT molecular complexity index is 998. The van der Waals surface area contributed by atoms with E-state index in [1.165, 1.54) is 12.1 Å². The van der Waals surface area contributed by atoms with Crippen molar-refractivity contribution < 1.29 is 4.39 Å². The lowest BCUT2D eigenvalue weighted by Gasteiger charge is -2.17. The zero-order valence-corrected chi connectivity index (χ0v) is 13.9. The summed E-state index contributed by atoms with van der Waals surface area (Å²) in [5, 5.41) is 8.50. The van der Waals surface area contributed by atoms with E-state index in [0.29, 0.717) is 11.4 Å². The highest BCUT2D eigenvalue weighted by molar-refractivity contribution is 5.68. The average molecular weight is 336 g/mol. The van der Waals surface area contributed by atoms with Gasteiger partial charge in [0.15, 0.2) is 0 Å². The minimum Gasteiger partial charge on any atom is -0.324 e. The van der Waals surface area contributed by atoms with Gasteiger partial charge in [0.25, 0.3) is 0 Å². The van der Waals surface area contributed by atoms with Gasteiger partial charge < -0.3 is 4.57 Å². The fourth-order valence-electron chi connectivity index (χ4n) is 2.95. The third-order valence-corrected chi connectivity index (χ3v) is 4.24. The van der Waals surface area contributed by atoms with Crippen LogP contribution >= 0.6 is 0 Å². The maximum absolute atomic E-state index is 14.0. The molecule has 1 unspecified atom stereocenters. The highest BCUT2D eigenvalue weighted by atomic mass is 19.1. The second-order valence-corrected chi connectivity index (χ2v) is 5.89. The minimum atomic E-state index is -0.311. The zero-order chi connectivity index (χ0) is 17.4. The van der Waals surface area contributed by atoms with E-state index in [9.17, 15) is 4.39 Å². The van der Waals surface area contributed by atoms with Gasteiger partial charge in [-0.25, -0.2) is 14.1 Å². The summed E-state index contributed by atoms with van der Waals surface area (Å²) in [4.78, 5) is 4.48. The molecule has 0 amide bonds. The molecule has 0 saturated heterocycles. The topological polar surface area (TPSA) is 53.5 Å². The minimum absolute atomic E-state index is 0.0138. The number of rotatable bonds is 4. The summed E-state index contributed by atoms with van der Waals surface area (Å²) in [7, 11) is 1.88. The van der Waals surface area contributed by atoms with Crippen LogP contribution in [0.2, 0.25) is 0 Å². The monoisotopic (exact) mass is 336 g/mol. The van der Waals surface area contributed by atoms with Gasteiger partial charge in [-0.05, 0) is 31.2 Å². The highest BCUT2D eigenvalue weighted by Gasteiger charge is 2.18. The fourth-order valence-corrected chi connectivity index (χ4v) is 2.95. The lowest BCUT2D eigenvalue weighted by Crippen LogP contribution is -2.09.